The molecule has 0 aromatic heterocycles. The van der Waals surface area contributed by atoms with Crippen LogP contribution in [0.3, 0.4) is 0 Å². The molecule has 1 unspecified atom stereocenters. The highest BCUT2D eigenvalue weighted by molar-refractivity contribution is 6.08. The Balaban J connectivity index is 2.57. The molecule has 1 aromatic carbocycles. The van der Waals surface area contributed by atoms with Crippen LogP contribution in [-0.4, -0.2) is 30.1 Å². The van der Waals surface area contributed by atoms with E-state index >= 15 is 0 Å². The van der Waals surface area contributed by atoms with E-state index in [4.69, 9.17) is 15.2 Å². The first-order chi connectivity index (χ1) is 10.3. The van der Waals surface area contributed by atoms with Crippen LogP contribution in [0.2, 0.25) is 0 Å². The number of benzene rings is 1. The van der Waals surface area contributed by atoms with Crippen molar-refractivity contribution in [2.24, 2.45) is 0 Å². The topological polar surface area (TPSA) is 81.9 Å². The maximum atomic E-state index is 12.8. The van der Waals surface area contributed by atoms with Crippen LogP contribution < -0.4 is 15.4 Å². The van der Waals surface area contributed by atoms with E-state index in [0.29, 0.717) is 23.5 Å². The molecule has 0 saturated heterocycles. The molecule has 6 heteroatoms. The smallest absolute Gasteiger partial charge is 0.331 e. The van der Waals surface area contributed by atoms with E-state index in [1.807, 2.05) is 6.92 Å². The van der Waals surface area contributed by atoms with Crippen LogP contribution >= 0.6 is 0 Å². The summed E-state index contributed by atoms with van der Waals surface area (Å²) >= 11 is 0. The van der Waals surface area contributed by atoms with Gasteiger partial charge in [-0.1, -0.05) is 13.0 Å². The first-order valence-corrected chi connectivity index (χ1v) is 7.41. The lowest BCUT2D eigenvalue weighted by molar-refractivity contribution is -0.150. The standard InChI is InChI=1S/C16H22N2O4/c1-5-11-14(19)18(16(3,4)15(20)21-6-2)13-10(17)8-7-9-12(13)22-11/h7-9,11H,5-6,17H2,1-4H3. The van der Waals surface area contributed by atoms with Crippen molar-refractivity contribution < 1.29 is 19.1 Å². The molecule has 1 aromatic rings. The Bertz CT molecular complexity index is 598. The molecular formula is C16H22N2O4. The largest absolute Gasteiger partial charge is 0.478 e. The van der Waals surface area contributed by atoms with Gasteiger partial charge in [-0.2, -0.15) is 0 Å². The Morgan fingerprint density at radius 3 is 2.68 bits per heavy atom. The van der Waals surface area contributed by atoms with Gasteiger partial charge < -0.3 is 15.2 Å². The van der Waals surface area contributed by atoms with E-state index < -0.39 is 17.6 Å². The van der Waals surface area contributed by atoms with Crippen molar-refractivity contribution in [3.05, 3.63) is 18.2 Å². The first kappa shape index (κ1) is 16.1. The van der Waals surface area contributed by atoms with E-state index in [-0.39, 0.29) is 12.5 Å². The van der Waals surface area contributed by atoms with E-state index in [1.54, 1.807) is 39.0 Å². The lowest BCUT2D eigenvalue weighted by Crippen LogP contribution is -2.59. The molecule has 6 nitrogen and oxygen atoms in total. The summed E-state index contributed by atoms with van der Waals surface area (Å²) in [5, 5.41) is 0. The lowest BCUT2D eigenvalue weighted by Gasteiger charge is -2.42. The van der Waals surface area contributed by atoms with Crippen LogP contribution in [0, 0.1) is 0 Å². The van der Waals surface area contributed by atoms with Gasteiger partial charge in [0, 0.05) is 0 Å². The van der Waals surface area contributed by atoms with Gasteiger partial charge in [-0.05, 0) is 39.3 Å². The fourth-order valence-electron chi connectivity index (χ4n) is 2.54. The molecule has 1 amide bonds. The Morgan fingerprint density at radius 2 is 2.09 bits per heavy atom. The van der Waals surface area contributed by atoms with Crippen molar-refractivity contribution in [3.63, 3.8) is 0 Å². The zero-order chi connectivity index (χ0) is 16.5. The highest BCUT2D eigenvalue weighted by Gasteiger charge is 2.47. The van der Waals surface area contributed by atoms with Crippen LogP contribution in [0.15, 0.2) is 18.2 Å². The summed E-state index contributed by atoms with van der Waals surface area (Å²) in [5.41, 5.74) is 5.67. The molecule has 1 aliphatic heterocycles. The van der Waals surface area contributed by atoms with Gasteiger partial charge in [0.05, 0.1) is 12.3 Å². The van der Waals surface area contributed by atoms with Gasteiger partial charge in [-0.15, -0.1) is 0 Å². The average Bonchev–Trinajstić information content (AvgIpc) is 2.47. The zero-order valence-electron chi connectivity index (χ0n) is 13.4. The number of anilines is 2. The number of nitrogen functional groups attached to an aromatic ring is 1. The van der Waals surface area contributed by atoms with E-state index in [0.717, 1.165) is 0 Å². The highest BCUT2D eigenvalue weighted by atomic mass is 16.5. The number of para-hydroxylation sites is 1. The molecule has 2 N–H and O–H groups in total. The number of hydrogen-bond acceptors (Lipinski definition) is 5. The number of rotatable bonds is 4. The Hall–Kier alpha value is -2.24. The number of fused-ring (bicyclic) bond motifs is 1. The summed E-state index contributed by atoms with van der Waals surface area (Å²) in [4.78, 5) is 26.5. The third-order valence-corrected chi connectivity index (χ3v) is 3.72. The fourth-order valence-corrected chi connectivity index (χ4v) is 2.54. The monoisotopic (exact) mass is 306 g/mol. The molecule has 22 heavy (non-hydrogen) atoms. The average molecular weight is 306 g/mol. The number of hydrogen-bond donors (Lipinski definition) is 1. The molecule has 1 heterocycles. The van der Waals surface area contributed by atoms with Crippen LogP contribution in [-0.2, 0) is 14.3 Å². The number of amides is 1. The second kappa shape index (κ2) is 5.87. The quantitative estimate of drug-likeness (QED) is 0.680. The third-order valence-electron chi connectivity index (χ3n) is 3.72. The molecule has 0 fully saturated rings. The van der Waals surface area contributed by atoms with Gasteiger partial charge >= 0.3 is 5.97 Å². The van der Waals surface area contributed by atoms with Gasteiger partial charge in [0.2, 0.25) is 0 Å². The fraction of sp³-hybridized carbons (Fsp3) is 0.500. The van der Waals surface area contributed by atoms with Gasteiger partial charge in [-0.3, -0.25) is 9.69 Å². The van der Waals surface area contributed by atoms with Crippen LogP contribution in [0.1, 0.15) is 34.1 Å². The van der Waals surface area contributed by atoms with E-state index in [9.17, 15) is 9.59 Å². The van der Waals surface area contributed by atoms with Gasteiger partial charge in [0.1, 0.15) is 17.0 Å². The molecular weight excluding hydrogens is 284 g/mol. The van der Waals surface area contributed by atoms with Crippen LogP contribution in [0.4, 0.5) is 11.4 Å². The molecule has 2 rings (SSSR count). The Kier molecular flexibility index (Phi) is 4.30. The predicted octanol–water partition coefficient (Wildman–Crippen LogP) is 2.11. The van der Waals surface area contributed by atoms with Gasteiger partial charge in [0.15, 0.2) is 6.10 Å². The first-order valence-electron chi connectivity index (χ1n) is 7.41. The summed E-state index contributed by atoms with van der Waals surface area (Å²) in [6, 6.07) is 5.18. The van der Waals surface area contributed by atoms with Crippen molar-refractivity contribution in [2.45, 2.75) is 45.8 Å². The third kappa shape index (κ3) is 2.49. The normalized spacial score (nSPS) is 17.7. The predicted molar refractivity (Wildman–Crippen MR) is 83.8 cm³/mol. The van der Waals surface area contributed by atoms with Crippen molar-refractivity contribution in [1.82, 2.24) is 0 Å². The molecule has 120 valence electrons. The van der Waals surface area contributed by atoms with E-state index in [2.05, 4.69) is 0 Å². The number of esters is 1. The van der Waals surface area contributed by atoms with Crippen molar-refractivity contribution in [3.8, 4) is 5.75 Å². The highest BCUT2D eigenvalue weighted by Crippen LogP contribution is 2.43. The van der Waals surface area contributed by atoms with Crippen molar-refractivity contribution >= 4 is 23.3 Å². The maximum absolute atomic E-state index is 12.8. The number of carbonyl (C=O) groups excluding carboxylic acids is 2. The van der Waals surface area contributed by atoms with Crippen LogP contribution in [0.5, 0.6) is 5.75 Å². The summed E-state index contributed by atoms with van der Waals surface area (Å²) < 4.78 is 10.8. The second-order valence-corrected chi connectivity index (χ2v) is 5.66. The number of ether oxygens (including phenoxy) is 2. The molecule has 0 bridgehead atoms. The number of nitrogens with zero attached hydrogens (tertiary/aromatic N) is 1. The Morgan fingerprint density at radius 1 is 1.41 bits per heavy atom. The summed E-state index contributed by atoms with van der Waals surface area (Å²) in [6.07, 6.45) is -0.134. The van der Waals surface area contributed by atoms with Gasteiger partial charge in [0.25, 0.3) is 5.91 Å². The van der Waals surface area contributed by atoms with Crippen molar-refractivity contribution in [1.29, 1.82) is 0 Å². The number of nitrogens with two attached hydrogens (primary N) is 1. The zero-order valence-corrected chi connectivity index (χ0v) is 13.4. The molecule has 1 atom stereocenters. The van der Waals surface area contributed by atoms with Crippen LogP contribution in [0.25, 0.3) is 0 Å². The second-order valence-electron chi connectivity index (χ2n) is 5.66. The molecule has 0 aliphatic carbocycles. The Labute approximate surface area is 130 Å². The molecule has 0 spiro atoms. The minimum Gasteiger partial charge on any atom is -0.478 e. The summed E-state index contributed by atoms with van der Waals surface area (Å²) in [7, 11) is 0. The van der Waals surface area contributed by atoms with Crippen molar-refractivity contribution in [2.75, 3.05) is 17.2 Å². The molecule has 0 radical (unpaired) electrons. The minimum absolute atomic E-state index is 0.245. The molecule has 0 saturated carbocycles. The van der Waals surface area contributed by atoms with Gasteiger partial charge in [-0.25, -0.2) is 4.79 Å². The maximum Gasteiger partial charge on any atom is 0.331 e. The lowest BCUT2D eigenvalue weighted by atomic mass is 9.97. The number of carbonyl (C=O) groups is 2. The summed E-state index contributed by atoms with van der Waals surface area (Å²) in [5.74, 6) is -0.260. The minimum atomic E-state index is -1.17. The van der Waals surface area contributed by atoms with E-state index in [1.165, 1.54) is 4.90 Å². The SMILES string of the molecule is CCOC(=O)C(C)(C)N1C(=O)C(CC)Oc2cccc(N)c21. The molecule has 1 aliphatic rings. The summed E-state index contributed by atoms with van der Waals surface area (Å²) in [6.45, 7) is 7.13.